The first-order valence-corrected chi connectivity index (χ1v) is 17.8. The van der Waals surface area contributed by atoms with Gasteiger partial charge in [0, 0.05) is 72.7 Å². The summed E-state index contributed by atoms with van der Waals surface area (Å²) >= 11 is 1.21. The highest BCUT2D eigenvalue weighted by molar-refractivity contribution is 7.99. The number of likely N-dealkylation sites (tertiary alicyclic amines) is 1. The van der Waals surface area contributed by atoms with Gasteiger partial charge in [-0.05, 0) is 58.0 Å². The maximum absolute atomic E-state index is 14.0. The van der Waals surface area contributed by atoms with Crippen LogP contribution in [0.1, 0.15) is 49.4 Å². The SMILES string of the molecule is C[C@H]1COCCN1CCSc1cc(-c2nn(CCCN3CCCCC3)c3c2CN(S(C)(=O)=O)CC3)ccc1C(F)(F)F. The molecule has 3 aliphatic rings. The maximum Gasteiger partial charge on any atom is 0.417 e. The van der Waals surface area contributed by atoms with Crippen molar-refractivity contribution < 1.29 is 26.3 Å². The first-order chi connectivity index (χ1) is 20.0. The van der Waals surface area contributed by atoms with Crippen LogP contribution >= 0.6 is 11.8 Å². The summed E-state index contributed by atoms with van der Waals surface area (Å²) in [5.41, 5.74) is 2.29. The molecule has 2 fully saturated rings. The molecule has 13 heteroatoms. The average Bonchev–Trinajstić information content (AvgIpc) is 3.31. The van der Waals surface area contributed by atoms with E-state index in [0.29, 0.717) is 56.3 Å². The number of hydrogen-bond donors (Lipinski definition) is 0. The molecule has 1 aromatic heterocycles. The smallest absolute Gasteiger partial charge is 0.379 e. The van der Waals surface area contributed by atoms with Gasteiger partial charge in [0.2, 0.25) is 10.0 Å². The van der Waals surface area contributed by atoms with Crippen LogP contribution in [0.15, 0.2) is 23.1 Å². The van der Waals surface area contributed by atoms with E-state index in [-0.39, 0.29) is 17.5 Å². The van der Waals surface area contributed by atoms with Gasteiger partial charge in [-0.2, -0.15) is 22.6 Å². The Morgan fingerprint density at radius 3 is 2.57 bits per heavy atom. The van der Waals surface area contributed by atoms with Gasteiger partial charge in [-0.1, -0.05) is 12.5 Å². The molecule has 4 heterocycles. The lowest BCUT2D eigenvalue weighted by atomic mass is 10.0. The molecule has 0 aliphatic carbocycles. The Balaban J connectivity index is 1.41. The molecule has 0 unspecified atom stereocenters. The van der Waals surface area contributed by atoms with E-state index >= 15 is 0 Å². The lowest BCUT2D eigenvalue weighted by Crippen LogP contribution is -2.44. The summed E-state index contributed by atoms with van der Waals surface area (Å²) in [7, 11) is -3.43. The lowest BCUT2D eigenvalue weighted by Gasteiger charge is -2.33. The van der Waals surface area contributed by atoms with Gasteiger partial charge in [-0.15, -0.1) is 11.8 Å². The van der Waals surface area contributed by atoms with Gasteiger partial charge in [0.1, 0.15) is 0 Å². The Bertz CT molecular complexity index is 1330. The van der Waals surface area contributed by atoms with Crippen molar-refractivity contribution in [1.82, 2.24) is 23.9 Å². The number of sulfonamides is 1. The Morgan fingerprint density at radius 2 is 1.86 bits per heavy atom. The molecule has 3 aliphatic heterocycles. The third-order valence-electron chi connectivity index (χ3n) is 8.56. The van der Waals surface area contributed by atoms with Gasteiger partial charge in [-0.25, -0.2) is 8.42 Å². The van der Waals surface area contributed by atoms with E-state index < -0.39 is 21.8 Å². The summed E-state index contributed by atoms with van der Waals surface area (Å²) < 4.78 is 75.9. The summed E-state index contributed by atoms with van der Waals surface area (Å²) in [4.78, 5) is 4.89. The van der Waals surface area contributed by atoms with E-state index in [2.05, 4.69) is 16.7 Å². The highest BCUT2D eigenvalue weighted by atomic mass is 32.2. The molecule has 8 nitrogen and oxygen atoms in total. The quantitative estimate of drug-likeness (QED) is 0.357. The number of benzene rings is 1. The van der Waals surface area contributed by atoms with Crippen molar-refractivity contribution >= 4 is 21.8 Å². The molecule has 0 radical (unpaired) electrons. The van der Waals surface area contributed by atoms with Crippen molar-refractivity contribution in [2.24, 2.45) is 0 Å². The van der Waals surface area contributed by atoms with Crippen molar-refractivity contribution in [2.45, 2.75) is 69.2 Å². The Hall–Kier alpha value is -1.64. The number of nitrogens with zero attached hydrogens (tertiary/aromatic N) is 5. The monoisotopic (exact) mass is 629 g/mol. The molecule has 5 rings (SSSR count). The topological polar surface area (TPSA) is 70.9 Å². The molecule has 42 heavy (non-hydrogen) atoms. The number of rotatable bonds is 10. The second-order valence-electron chi connectivity index (χ2n) is 11.6. The molecule has 0 saturated carbocycles. The summed E-state index contributed by atoms with van der Waals surface area (Å²) in [6.07, 6.45) is 1.89. The van der Waals surface area contributed by atoms with Crippen LogP contribution in [-0.2, 0) is 40.4 Å². The molecule has 0 N–H and O–H groups in total. The molecule has 1 atom stereocenters. The first-order valence-electron chi connectivity index (χ1n) is 14.9. The van der Waals surface area contributed by atoms with E-state index in [1.165, 1.54) is 47.7 Å². The second-order valence-corrected chi connectivity index (χ2v) is 14.7. The maximum atomic E-state index is 14.0. The van der Waals surface area contributed by atoms with Crippen LogP contribution in [-0.4, -0.2) is 103 Å². The zero-order valence-corrected chi connectivity index (χ0v) is 26.2. The highest BCUT2D eigenvalue weighted by Gasteiger charge is 2.35. The molecule has 0 bridgehead atoms. The van der Waals surface area contributed by atoms with Gasteiger partial charge < -0.3 is 9.64 Å². The summed E-state index contributed by atoms with van der Waals surface area (Å²) in [6, 6.07) is 4.46. The van der Waals surface area contributed by atoms with Crippen LogP contribution in [0.4, 0.5) is 13.2 Å². The fraction of sp³-hybridized carbons (Fsp3) is 0.690. The first kappa shape index (κ1) is 31.8. The molecule has 1 aromatic carbocycles. The van der Waals surface area contributed by atoms with Crippen molar-refractivity contribution in [3.63, 3.8) is 0 Å². The molecule has 0 spiro atoms. The number of alkyl halides is 3. The molecule has 234 valence electrons. The zero-order chi connectivity index (χ0) is 29.9. The van der Waals surface area contributed by atoms with Crippen LogP contribution in [0, 0.1) is 0 Å². The van der Waals surface area contributed by atoms with Crippen molar-refractivity contribution in [3.8, 4) is 11.3 Å². The van der Waals surface area contributed by atoms with Crippen LogP contribution in [0.5, 0.6) is 0 Å². The Labute approximate surface area is 251 Å². The predicted molar refractivity (Wildman–Crippen MR) is 159 cm³/mol. The second kappa shape index (κ2) is 13.6. The number of hydrogen-bond acceptors (Lipinski definition) is 7. The predicted octanol–water partition coefficient (Wildman–Crippen LogP) is 4.58. The van der Waals surface area contributed by atoms with E-state index in [1.54, 1.807) is 6.07 Å². The van der Waals surface area contributed by atoms with E-state index in [9.17, 15) is 21.6 Å². The Kier molecular flexibility index (Phi) is 10.3. The third kappa shape index (κ3) is 7.71. The van der Waals surface area contributed by atoms with Gasteiger partial charge in [0.25, 0.3) is 0 Å². The molecule has 0 amide bonds. The normalized spacial score (nSPS) is 21.5. The molecular weight excluding hydrogens is 587 g/mol. The number of piperidine rings is 1. The molecule has 2 saturated heterocycles. The van der Waals surface area contributed by atoms with Crippen molar-refractivity contribution in [1.29, 1.82) is 0 Å². The third-order valence-corrected chi connectivity index (χ3v) is 10.8. The number of morpholine rings is 1. The summed E-state index contributed by atoms with van der Waals surface area (Å²) in [6.45, 7) is 9.21. The van der Waals surface area contributed by atoms with Gasteiger partial charge >= 0.3 is 6.18 Å². The van der Waals surface area contributed by atoms with Crippen LogP contribution in [0.2, 0.25) is 0 Å². The number of ether oxygens (including phenoxy) is 1. The molecule has 2 aromatic rings. The number of thioether (sulfide) groups is 1. The number of fused-ring (bicyclic) bond motifs is 1. The number of halogens is 3. The van der Waals surface area contributed by atoms with Crippen molar-refractivity contribution in [3.05, 3.63) is 35.0 Å². The van der Waals surface area contributed by atoms with E-state index in [4.69, 9.17) is 9.84 Å². The van der Waals surface area contributed by atoms with Crippen molar-refractivity contribution in [2.75, 3.05) is 64.5 Å². The van der Waals surface area contributed by atoms with Crippen LogP contribution < -0.4 is 0 Å². The minimum Gasteiger partial charge on any atom is -0.379 e. The van der Waals surface area contributed by atoms with E-state index in [1.807, 2.05) is 4.68 Å². The minimum absolute atomic E-state index is 0.171. The molecular formula is C29H42F3N5O3S2. The van der Waals surface area contributed by atoms with Crippen LogP contribution in [0.3, 0.4) is 0 Å². The Morgan fingerprint density at radius 1 is 1.07 bits per heavy atom. The van der Waals surface area contributed by atoms with Gasteiger partial charge in [0.15, 0.2) is 0 Å². The summed E-state index contributed by atoms with van der Waals surface area (Å²) in [5.74, 6) is 0.516. The van der Waals surface area contributed by atoms with Crippen LogP contribution in [0.25, 0.3) is 11.3 Å². The number of aromatic nitrogens is 2. The lowest BCUT2D eigenvalue weighted by molar-refractivity contribution is -0.139. The fourth-order valence-corrected chi connectivity index (χ4v) is 8.06. The summed E-state index contributed by atoms with van der Waals surface area (Å²) in [5, 5.41) is 4.92. The average molecular weight is 630 g/mol. The van der Waals surface area contributed by atoms with Gasteiger partial charge in [0.05, 0.1) is 30.7 Å². The van der Waals surface area contributed by atoms with Gasteiger partial charge in [-0.3, -0.25) is 9.58 Å². The minimum atomic E-state index is -4.48. The number of aryl methyl sites for hydroxylation is 1. The van der Waals surface area contributed by atoms with E-state index in [0.717, 1.165) is 49.9 Å². The zero-order valence-electron chi connectivity index (χ0n) is 24.5. The highest BCUT2D eigenvalue weighted by Crippen LogP contribution is 2.40. The fourth-order valence-electron chi connectivity index (χ4n) is 6.18. The largest absolute Gasteiger partial charge is 0.417 e. The standard InChI is InChI=1S/C29H42F3N5O3S2/c1-22-21-40-17-15-35(22)16-18-41-27-19-23(7-8-25(27)29(30,31)32)28-24-20-36(42(2,38)39)14-9-26(24)37(33-28)13-6-12-34-10-4-3-5-11-34/h7-8,19,22H,3-6,9-18,20-21H2,1-2H3/t22-/m0/s1.